The van der Waals surface area contributed by atoms with Crippen LogP contribution in [0.1, 0.15) is 11.1 Å². The van der Waals surface area contributed by atoms with E-state index in [0.717, 1.165) is 27.2 Å². The number of benzene rings is 1. The number of allylic oxidation sites excluding steroid dienone is 2. The second-order valence-corrected chi connectivity index (χ2v) is 4.52. The molecule has 2 rings (SSSR count). The van der Waals surface area contributed by atoms with Crippen molar-refractivity contribution in [1.29, 1.82) is 0 Å². The van der Waals surface area contributed by atoms with E-state index in [1.165, 1.54) is 0 Å². The molecule has 0 saturated heterocycles. The summed E-state index contributed by atoms with van der Waals surface area (Å²) in [7, 11) is 0. The fourth-order valence-electron chi connectivity index (χ4n) is 2.23. The van der Waals surface area contributed by atoms with Crippen LogP contribution < -0.4 is 16.0 Å². The maximum atomic E-state index is 12.2. The van der Waals surface area contributed by atoms with Crippen LogP contribution in [0.5, 0.6) is 0 Å². The Morgan fingerprint density at radius 1 is 1.05 bits per heavy atom. The summed E-state index contributed by atoms with van der Waals surface area (Å²) in [6.45, 7) is 11.4. The van der Waals surface area contributed by atoms with E-state index in [-0.39, 0.29) is 5.56 Å². The molecule has 0 radical (unpaired) electrons. The Bertz CT molecular complexity index is 838. The summed E-state index contributed by atoms with van der Waals surface area (Å²) in [6.07, 6.45) is 6.91. The average Bonchev–Trinajstić information content (AvgIpc) is 2.39. The number of fused-ring (bicyclic) bond motifs is 1. The van der Waals surface area contributed by atoms with Gasteiger partial charge in [-0.1, -0.05) is 43.5 Å². The maximum Gasteiger partial charge on any atom is 0.256 e. The Labute approximate surface area is 112 Å². The number of hydrogen-bond donors (Lipinski definition) is 1. The number of aromatic nitrogens is 1. The highest BCUT2D eigenvalue weighted by molar-refractivity contribution is 5.84. The first kappa shape index (κ1) is 13.1. The van der Waals surface area contributed by atoms with E-state index < -0.39 is 0 Å². The van der Waals surface area contributed by atoms with Crippen molar-refractivity contribution in [3.05, 3.63) is 69.4 Å². The average molecular weight is 251 g/mol. The molecule has 0 spiro atoms. The minimum atomic E-state index is -0.103. The van der Waals surface area contributed by atoms with Crippen molar-refractivity contribution < 1.29 is 0 Å². The van der Waals surface area contributed by atoms with E-state index in [9.17, 15) is 4.79 Å². The first-order valence-corrected chi connectivity index (χ1v) is 6.18. The molecule has 1 N–H and O–H groups in total. The van der Waals surface area contributed by atoms with Crippen LogP contribution in [0.15, 0.2) is 42.2 Å². The van der Waals surface area contributed by atoms with E-state index in [2.05, 4.69) is 24.2 Å². The molecule has 0 bridgehead atoms. The zero-order valence-corrected chi connectivity index (χ0v) is 11.3. The molecule has 0 fully saturated rings. The molecule has 0 aliphatic rings. The molecule has 2 heteroatoms. The van der Waals surface area contributed by atoms with Crippen molar-refractivity contribution in [2.24, 2.45) is 0 Å². The van der Waals surface area contributed by atoms with Crippen LogP contribution in [0.2, 0.25) is 0 Å². The Morgan fingerprint density at radius 3 is 2.32 bits per heavy atom. The van der Waals surface area contributed by atoms with E-state index in [4.69, 9.17) is 0 Å². The topological polar surface area (TPSA) is 32.9 Å². The van der Waals surface area contributed by atoms with Crippen LogP contribution in [0.4, 0.5) is 0 Å². The molecule has 0 atom stereocenters. The van der Waals surface area contributed by atoms with Crippen LogP contribution in [0.25, 0.3) is 23.1 Å². The lowest BCUT2D eigenvalue weighted by Crippen LogP contribution is -2.41. The zero-order valence-electron chi connectivity index (χ0n) is 11.3. The molecule has 1 heterocycles. The van der Waals surface area contributed by atoms with Gasteiger partial charge in [0.15, 0.2) is 0 Å². The number of pyridine rings is 1. The number of hydrogen-bond acceptors (Lipinski definition) is 1. The summed E-state index contributed by atoms with van der Waals surface area (Å²) in [4.78, 5) is 15.2. The van der Waals surface area contributed by atoms with Gasteiger partial charge in [-0.3, -0.25) is 4.79 Å². The van der Waals surface area contributed by atoms with Gasteiger partial charge in [-0.25, -0.2) is 0 Å². The third-order valence-corrected chi connectivity index (χ3v) is 3.37. The third kappa shape index (κ3) is 2.17. The standard InChI is InChI=1S/C17H17NO/c1-5-7-13-14-10-9-11(3)12(4)16(14)18-17(19)15(13)8-6-2/h5-10H,1-2H2,3-4H3,(H,18,19)/b13-7-,15-8+. The summed E-state index contributed by atoms with van der Waals surface area (Å²) in [5.41, 5.74) is 3.04. The SMILES string of the molecule is C=C/C=c1\c(=C/C=C)c(=O)[nH]c2c(C)c(C)ccc12. The predicted octanol–water partition coefficient (Wildman–Crippen LogP) is 2.08. The van der Waals surface area contributed by atoms with Crippen LogP contribution in [-0.2, 0) is 0 Å². The first-order valence-electron chi connectivity index (χ1n) is 6.18. The molecule has 0 aliphatic carbocycles. The number of nitrogens with one attached hydrogen (secondary N) is 1. The van der Waals surface area contributed by atoms with Crippen LogP contribution >= 0.6 is 0 Å². The first-order chi connectivity index (χ1) is 9.10. The minimum absolute atomic E-state index is 0.103. The van der Waals surface area contributed by atoms with Gasteiger partial charge in [-0.2, -0.15) is 0 Å². The van der Waals surface area contributed by atoms with Gasteiger partial charge >= 0.3 is 0 Å². The molecule has 2 nitrogen and oxygen atoms in total. The van der Waals surface area contributed by atoms with E-state index in [1.807, 2.05) is 26.0 Å². The van der Waals surface area contributed by atoms with Gasteiger partial charge in [0.1, 0.15) is 0 Å². The summed E-state index contributed by atoms with van der Waals surface area (Å²) in [5.74, 6) is 0. The summed E-state index contributed by atoms with van der Waals surface area (Å²) in [6, 6.07) is 4.09. The second kappa shape index (κ2) is 5.11. The van der Waals surface area contributed by atoms with Gasteiger partial charge in [0.2, 0.25) is 0 Å². The quantitative estimate of drug-likeness (QED) is 0.871. The smallest absolute Gasteiger partial charge is 0.256 e. The van der Waals surface area contributed by atoms with Crippen molar-refractivity contribution in [3.8, 4) is 0 Å². The van der Waals surface area contributed by atoms with Crippen molar-refractivity contribution in [3.63, 3.8) is 0 Å². The normalized spacial score (nSPS) is 12.9. The maximum absolute atomic E-state index is 12.2. The van der Waals surface area contributed by atoms with E-state index in [0.29, 0.717) is 5.22 Å². The molecule has 0 amide bonds. The number of rotatable bonds is 2. The lowest BCUT2D eigenvalue weighted by molar-refractivity contribution is 1.22. The highest BCUT2D eigenvalue weighted by atomic mass is 16.1. The van der Waals surface area contributed by atoms with Gasteiger partial charge in [0.05, 0.1) is 5.52 Å². The summed E-state index contributed by atoms with van der Waals surface area (Å²) in [5, 5.41) is 2.53. The minimum Gasteiger partial charge on any atom is -0.321 e. The highest BCUT2D eigenvalue weighted by Crippen LogP contribution is 2.14. The molecular formula is C17H17NO. The molecular weight excluding hydrogens is 234 g/mol. The largest absolute Gasteiger partial charge is 0.321 e. The second-order valence-electron chi connectivity index (χ2n) is 4.52. The van der Waals surface area contributed by atoms with Crippen LogP contribution in [0.3, 0.4) is 0 Å². The number of aromatic amines is 1. The van der Waals surface area contributed by atoms with Gasteiger partial charge in [-0.15, -0.1) is 0 Å². The monoisotopic (exact) mass is 251 g/mol. The summed E-state index contributed by atoms with van der Waals surface area (Å²) >= 11 is 0. The molecule has 1 aromatic heterocycles. The predicted molar refractivity (Wildman–Crippen MR) is 82.6 cm³/mol. The lowest BCUT2D eigenvalue weighted by Gasteiger charge is -2.06. The third-order valence-electron chi connectivity index (χ3n) is 3.37. The van der Waals surface area contributed by atoms with Crippen LogP contribution in [-0.4, -0.2) is 4.98 Å². The fraction of sp³-hybridized carbons (Fsp3) is 0.118. The van der Waals surface area contributed by atoms with Crippen molar-refractivity contribution in [2.45, 2.75) is 13.8 Å². The van der Waals surface area contributed by atoms with Gasteiger partial charge < -0.3 is 4.98 Å². The van der Waals surface area contributed by atoms with E-state index in [1.54, 1.807) is 18.2 Å². The molecule has 96 valence electrons. The van der Waals surface area contributed by atoms with Gasteiger partial charge in [0.25, 0.3) is 5.56 Å². The zero-order chi connectivity index (χ0) is 14.0. The molecule has 0 aliphatic heterocycles. The Hall–Kier alpha value is -2.35. The molecule has 2 aromatic rings. The summed E-state index contributed by atoms with van der Waals surface area (Å²) < 4.78 is 0. The fourth-order valence-corrected chi connectivity index (χ4v) is 2.23. The van der Waals surface area contributed by atoms with Crippen molar-refractivity contribution in [1.82, 2.24) is 4.98 Å². The van der Waals surface area contributed by atoms with E-state index >= 15 is 0 Å². The number of H-pyrrole nitrogens is 1. The molecule has 1 aromatic carbocycles. The van der Waals surface area contributed by atoms with Gasteiger partial charge in [0, 0.05) is 10.6 Å². The number of aryl methyl sites for hydroxylation is 2. The van der Waals surface area contributed by atoms with Crippen LogP contribution in [0, 0.1) is 13.8 Å². The lowest BCUT2D eigenvalue weighted by atomic mass is 10.0. The van der Waals surface area contributed by atoms with Gasteiger partial charge in [-0.05, 0) is 36.3 Å². The highest BCUT2D eigenvalue weighted by Gasteiger charge is 2.04. The Kier molecular flexibility index (Phi) is 3.52. The molecule has 19 heavy (non-hydrogen) atoms. The van der Waals surface area contributed by atoms with Crippen molar-refractivity contribution in [2.75, 3.05) is 0 Å². The Morgan fingerprint density at radius 2 is 1.68 bits per heavy atom. The molecule has 0 unspecified atom stereocenters. The van der Waals surface area contributed by atoms with Crippen molar-refractivity contribution >= 4 is 23.1 Å². The molecule has 0 saturated carbocycles. The Balaban J connectivity index is 3.21.